The molecule has 0 spiro atoms. The van der Waals surface area contributed by atoms with Gasteiger partial charge in [-0.05, 0) is 73.5 Å². The number of anilines is 1. The van der Waals surface area contributed by atoms with E-state index < -0.39 is 28.5 Å². The number of carbonyl (C=O) groups excluding carboxylic acids is 2. The van der Waals surface area contributed by atoms with Gasteiger partial charge in [-0.3, -0.25) is 13.9 Å². The molecule has 0 aliphatic heterocycles. The number of methoxy groups -OCH3 is 1. The molecule has 39 heavy (non-hydrogen) atoms. The summed E-state index contributed by atoms with van der Waals surface area (Å²) in [6.45, 7) is 3.50. The maximum atomic E-state index is 13.8. The molecule has 11 heteroatoms. The molecule has 0 aromatic heterocycles. The third kappa shape index (κ3) is 7.88. The second-order valence-electron chi connectivity index (χ2n) is 8.78. The van der Waals surface area contributed by atoms with Gasteiger partial charge in [-0.1, -0.05) is 48.3 Å². The molecule has 8 nitrogen and oxygen atoms in total. The van der Waals surface area contributed by atoms with Crippen LogP contribution in [-0.4, -0.2) is 51.4 Å². The van der Waals surface area contributed by atoms with E-state index in [0.29, 0.717) is 22.3 Å². The van der Waals surface area contributed by atoms with Gasteiger partial charge in [-0.25, -0.2) is 8.42 Å². The Morgan fingerprint density at radius 2 is 1.64 bits per heavy atom. The Balaban J connectivity index is 2.01. The highest BCUT2D eigenvalue weighted by atomic mass is 35.5. The van der Waals surface area contributed by atoms with Crippen LogP contribution in [0.15, 0.2) is 77.7 Å². The van der Waals surface area contributed by atoms with Crippen molar-refractivity contribution in [3.8, 4) is 5.75 Å². The summed E-state index contributed by atoms with van der Waals surface area (Å²) in [6.07, 6.45) is 0.728. The zero-order chi connectivity index (χ0) is 28.6. The minimum absolute atomic E-state index is 0.0333. The number of amides is 2. The number of hydrogen-bond donors (Lipinski definition) is 1. The van der Waals surface area contributed by atoms with Gasteiger partial charge in [-0.15, -0.1) is 0 Å². The SMILES string of the molecule is CCCNC(=O)[C@@H](C)N(Cc1ccc(Cl)cc1)C(=O)CN(c1cccc(Cl)c1)S(=O)(=O)c1ccc(OC)cc1. The molecule has 1 N–H and O–H groups in total. The average molecular weight is 593 g/mol. The first-order valence-corrected chi connectivity index (χ1v) is 14.5. The van der Waals surface area contributed by atoms with Gasteiger partial charge in [0.25, 0.3) is 10.0 Å². The second-order valence-corrected chi connectivity index (χ2v) is 11.5. The molecule has 0 radical (unpaired) electrons. The quantitative estimate of drug-likeness (QED) is 0.314. The van der Waals surface area contributed by atoms with Crippen molar-refractivity contribution in [2.75, 3.05) is 24.5 Å². The number of carbonyl (C=O) groups is 2. The Bertz CT molecular complexity index is 1380. The fraction of sp³-hybridized carbons (Fsp3) is 0.286. The van der Waals surface area contributed by atoms with Crippen molar-refractivity contribution in [2.45, 2.75) is 37.8 Å². The lowest BCUT2D eigenvalue weighted by Crippen LogP contribution is -2.51. The number of rotatable bonds is 12. The molecule has 0 aliphatic rings. The van der Waals surface area contributed by atoms with Crippen molar-refractivity contribution < 1.29 is 22.7 Å². The molecule has 208 valence electrons. The predicted octanol–water partition coefficient (Wildman–Crippen LogP) is 5.14. The topological polar surface area (TPSA) is 96.0 Å². The maximum Gasteiger partial charge on any atom is 0.264 e. The van der Waals surface area contributed by atoms with Crippen LogP contribution in [0.1, 0.15) is 25.8 Å². The number of benzene rings is 3. The summed E-state index contributed by atoms with van der Waals surface area (Å²) in [5, 5.41) is 3.64. The fourth-order valence-corrected chi connectivity index (χ4v) is 5.52. The monoisotopic (exact) mass is 591 g/mol. The van der Waals surface area contributed by atoms with Crippen molar-refractivity contribution in [1.29, 1.82) is 0 Å². The summed E-state index contributed by atoms with van der Waals surface area (Å²) < 4.78 is 33.8. The number of ether oxygens (including phenoxy) is 1. The van der Waals surface area contributed by atoms with Crippen LogP contribution in [0.2, 0.25) is 10.0 Å². The largest absolute Gasteiger partial charge is 0.497 e. The highest BCUT2D eigenvalue weighted by Crippen LogP contribution is 2.28. The van der Waals surface area contributed by atoms with Crippen molar-refractivity contribution >= 4 is 50.7 Å². The van der Waals surface area contributed by atoms with E-state index in [1.165, 1.54) is 42.3 Å². The molecule has 0 aliphatic carbocycles. The Morgan fingerprint density at radius 3 is 2.23 bits per heavy atom. The lowest BCUT2D eigenvalue weighted by Gasteiger charge is -2.32. The molecule has 1 atom stereocenters. The van der Waals surface area contributed by atoms with Crippen molar-refractivity contribution in [3.63, 3.8) is 0 Å². The third-order valence-corrected chi connectivity index (χ3v) is 8.28. The summed E-state index contributed by atoms with van der Waals surface area (Å²) >= 11 is 12.2. The minimum Gasteiger partial charge on any atom is -0.497 e. The molecule has 0 heterocycles. The van der Waals surface area contributed by atoms with Gasteiger partial charge < -0.3 is 15.0 Å². The van der Waals surface area contributed by atoms with E-state index in [0.717, 1.165) is 16.3 Å². The summed E-state index contributed by atoms with van der Waals surface area (Å²) in [4.78, 5) is 28.0. The van der Waals surface area contributed by atoms with Crippen molar-refractivity contribution in [2.24, 2.45) is 0 Å². The van der Waals surface area contributed by atoms with Crippen molar-refractivity contribution in [1.82, 2.24) is 10.2 Å². The molecule has 0 fully saturated rings. The van der Waals surface area contributed by atoms with Crippen LogP contribution in [0.4, 0.5) is 5.69 Å². The number of sulfonamides is 1. The highest BCUT2D eigenvalue weighted by molar-refractivity contribution is 7.92. The average Bonchev–Trinajstić information content (AvgIpc) is 2.93. The smallest absolute Gasteiger partial charge is 0.264 e. The molecule has 0 bridgehead atoms. The predicted molar refractivity (Wildman–Crippen MR) is 154 cm³/mol. The summed E-state index contributed by atoms with van der Waals surface area (Å²) in [7, 11) is -2.73. The van der Waals surface area contributed by atoms with E-state index in [4.69, 9.17) is 27.9 Å². The van der Waals surface area contributed by atoms with Gasteiger partial charge in [0, 0.05) is 23.1 Å². The second kappa shape index (κ2) is 13.7. The molecule has 0 unspecified atom stereocenters. The van der Waals surface area contributed by atoms with Crippen LogP contribution in [-0.2, 0) is 26.2 Å². The third-order valence-electron chi connectivity index (χ3n) is 6.01. The number of hydrogen-bond acceptors (Lipinski definition) is 5. The first-order chi connectivity index (χ1) is 18.6. The summed E-state index contributed by atoms with van der Waals surface area (Å²) in [5.41, 5.74) is 0.941. The van der Waals surface area contributed by atoms with E-state index in [1.54, 1.807) is 49.4 Å². The van der Waals surface area contributed by atoms with Gasteiger partial charge in [0.15, 0.2) is 0 Å². The molecule has 3 aromatic carbocycles. The lowest BCUT2D eigenvalue weighted by molar-refractivity contribution is -0.139. The van der Waals surface area contributed by atoms with Gasteiger partial charge >= 0.3 is 0 Å². The normalized spacial score (nSPS) is 11.9. The first kappa shape index (κ1) is 30.3. The molecule has 0 saturated carbocycles. The summed E-state index contributed by atoms with van der Waals surface area (Å²) in [5.74, 6) is -0.423. The maximum absolute atomic E-state index is 13.8. The molecule has 2 amide bonds. The van der Waals surface area contributed by atoms with Crippen LogP contribution in [0.5, 0.6) is 5.75 Å². The lowest BCUT2D eigenvalue weighted by atomic mass is 10.1. The first-order valence-electron chi connectivity index (χ1n) is 12.3. The Morgan fingerprint density at radius 1 is 0.974 bits per heavy atom. The number of nitrogens with zero attached hydrogens (tertiary/aromatic N) is 2. The zero-order valence-corrected chi connectivity index (χ0v) is 24.3. The van der Waals surface area contributed by atoms with Crippen LogP contribution >= 0.6 is 23.2 Å². The standard InChI is InChI=1S/C28H31Cl2N3O5S/c1-4-16-31-28(35)20(2)32(18-21-8-10-22(29)11-9-21)27(34)19-33(24-7-5-6-23(30)17-24)39(36,37)26-14-12-25(38-3)13-15-26/h5-15,17,20H,4,16,18-19H2,1-3H3,(H,31,35)/t20-/m1/s1. The van der Waals surface area contributed by atoms with E-state index >= 15 is 0 Å². The van der Waals surface area contributed by atoms with Gasteiger partial charge in [0.1, 0.15) is 18.3 Å². The fourth-order valence-electron chi connectivity index (χ4n) is 3.80. The summed E-state index contributed by atoms with van der Waals surface area (Å²) in [6, 6.07) is 18.1. The van der Waals surface area contributed by atoms with Gasteiger partial charge in [0.05, 0.1) is 17.7 Å². The van der Waals surface area contributed by atoms with Crippen LogP contribution < -0.4 is 14.4 Å². The van der Waals surface area contributed by atoms with Crippen LogP contribution in [0.25, 0.3) is 0 Å². The molecular formula is C28H31Cl2N3O5S. The van der Waals surface area contributed by atoms with Gasteiger partial charge in [-0.2, -0.15) is 0 Å². The van der Waals surface area contributed by atoms with Crippen molar-refractivity contribution in [3.05, 3.63) is 88.4 Å². The number of nitrogens with one attached hydrogen (secondary N) is 1. The molecular weight excluding hydrogens is 561 g/mol. The minimum atomic E-state index is -4.21. The Hall–Kier alpha value is -3.27. The molecule has 3 rings (SSSR count). The molecule has 3 aromatic rings. The van der Waals surface area contributed by atoms with Gasteiger partial charge in [0.2, 0.25) is 11.8 Å². The number of halogens is 2. The van der Waals surface area contributed by atoms with E-state index in [9.17, 15) is 18.0 Å². The highest BCUT2D eigenvalue weighted by Gasteiger charge is 2.32. The Kier molecular flexibility index (Phi) is 10.6. The van der Waals surface area contributed by atoms with Crippen LogP contribution in [0, 0.1) is 0 Å². The Labute approximate surface area is 239 Å². The zero-order valence-electron chi connectivity index (χ0n) is 21.9. The van der Waals surface area contributed by atoms with E-state index in [1.807, 2.05) is 6.92 Å². The van der Waals surface area contributed by atoms with E-state index in [2.05, 4.69) is 5.32 Å². The van der Waals surface area contributed by atoms with E-state index in [-0.39, 0.29) is 23.0 Å². The molecule has 0 saturated heterocycles. The van der Waals surface area contributed by atoms with Crippen LogP contribution in [0.3, 0.4) is 0 Å².